The van der Waals surface area contributed by atoms with Crippen molar-refractivity contribution < 1.29 is 8.42 Å². The van der Waals surface area contributed by atoms with E-state index in [2.05, 4.69) is 0 Å². The molecule has 0 bridgehead atoms. The van der Waals surface area contributed by atoms with Crippen LogP contribution < -0.4 is 0 Å². The lowest BCUT2D eigenvalue weighted by Crippen LogP contribution is -2.23. The van der Waals surface area contributed by atoms with Crippen molar-refractivity contribution in [3.63, 3.8) is 0 Å². The number of fused-ring (bicyclic) bond motifs is 1. The van der Waals surface area contributed by atoms with Gasteiger partial charge >= 0.3 is 0 Å². The molecule has 2 rings (SSSR count). The normalized spacial score (nSPS) is 27.2. The van der Waals surface area contributed by atoms with E-state index in [0.29, 0.717) is 5.56 Å². The second kappa shape index (κ2) is 3.01. The predicted octanol–water partition coefficient (Wildman–Crippen LogP) is 2.89. The molecule has 0 amide bonds. The lowest BCUT2D eigenvalue weighted by atomic mass is 10.2. The van der Waals surface area contributed by atoms with Gasteiger partial charge in [0, 0.05) is 0 Å². The third-order valence-electron chi connectivity index (χ3n) is 2.13. The molecule has 0 saturated carbocycles. The summed E-state index contributed by atoms with van der Waals surface area (Å²) >= 11 is 17.3. The van der Waals surface area contributed by atoms with Crippen LogP contribution in [-0.4, -0.2) is 12.1 Å². The molecule has 1 heterocycles. The number of rotatable bonds is 0. The second-order valence-electron chi connectivity index (χ2n) is 2.97. The van der Waals surface area contributed by atoms with Gasteiger partial charge in [-0.25, -0.2) is 8.42 Å². The summed E-state index contributed by atoms with van der Waals surface area (Å²) < 4.78 is 21.6. The van der Waals surface area contributed by atoms with E-state index in [0.717, 1.165) is 0 Å². The van der Waals surface area contributed by atoms with Crippen molar-refractivity contribution in [3.8, 4) is 0 Å². The predicted molar refractivity (Wildman–Crippen MR) is 56.7 cm³/mol. The van der Waals surface area contributed by atoms with Gasteiger partial charge in [-0.1, -0.05) is 41.4 Å². The Morgan fingerprint density at radius 1 is 1.21 bits per heavy atom. The van der Waals surface area contributed by atoms with Crippen LogP contribution in [0.1, 0.15) is 10.9 Å². The van der Waals surface area contributed by atoms with Crippen LogP contribution >= 0.6 is 34.8 Å². The summed E-state index contributed by atoms with van der Waals surface area (Å²) in [5.74, 6) is 0. The van der Waals surface area contributed by atoms with Crippen LogP contribution in [0.4, 0.5) is 0 Å². The van der Waals surface area contributed by atoms with Gasteiger partial charge in [0.25, 0.3) is 0 Å². The third kappa shape index (κ3) is 1.13. The van der Waals surface area contributed by atoms with Gasteiger partial charge in [0.15, 0.2) is 0 Å². The van der Waals surface area contributed by atoms with Crippen LogP contribution in [-0.2, 0) is 9.84 Å². The highest BCUT2D eigenvalue weighted by molar-refractivity contribution is 7.96. The maximum Gasteiger partial charge on any atom is 0.242 e. The maximum absolute atomic E-state index is 11.8. The monoisotopic (exact) mass is 270 g/mol. The average Bonchev–Trinajstić information content (AvgIpc) is 2.27. The fourth-order valence-corrected chi connectivity index (χ4v) is 4.19. The van der Waals surface area contributed by atoms with Gasteiger partial charge in [-0.15, -0.1) is 11.6 Å². The summed E-state index contributed by atoms with van der Waals surface area (Å²) in [5.41, 5.74) is 0.458. The number of hydrogen-bond donors (Lipinski definition) is 0. The molecule has 2 nitrogen and oxygen atoms in total. The Morgan fingerprint density at radius 2 is 1.79 bits per heavy atom. The molecule has 76 valence electrons. The first kappa shape index (κ1) is 10.6. The van der Waals surface area contributed by atoms with Crippen molar-refractivity contribution in [2.45, 2.75) is 13.9 Å². The van der Waals surface area contributed by atoms with E-state index in [9.17, 15) is 8.42 Å². The Balaban J connectivity index is 2.81. The lowest BCUT2D eigenvalue weighted by Gasteiger charge is -2.14. The van der Waals surface area contributed by atoms with Gasteiger partial charge in [-0.05, 0) is 11.6 Å². The number of hydrogen-bond acceptors (Lipinski definition) is 2. The Kier molecular flexibility index (Phi) is 2.27. The van der Waals surface area contributed by atoms with E-state index < -0.39 is 18.9 Å². The first-order valence-electron chi connectivity index (χ1n) is 3.74. The summed E-state index contributed by atoms with van der Waals surface area (Å²) in [7, 11) is -3.73. The van der Waals surface area contributed by atoms with Crippen molar-refractivity contribution in [1.29, 1.82) is 0 Å². The van der Waals surface area contributed by atoms with E-state index in [1.54, 1.807) is 18.2 Å². The van der Waals surface area contributed by atoms with Crippen LogP contribution in [0.2, 0.25) is 0 Å². The summed E-state index contributed by atoms with van der Waals surface area (Å²) in [4.78, 5) is 0.116. The van der Waals surface area contributed by atoms with Gasteiger partial charge in [-0.2, -0.15) is 0 Å². The van der Waals surface area contributed by atoms with Gasteiger partial charge in [-0.3, -0.25) is 0 Å². The Morgan fingerprint density at radius 3 is 2.36 bits per heavy atom. The van der Waals surface area contributed by atoms with E-state index in [4.69, 9.17) is 34.8 Å². The van der Waals surface area contributed by atoms with Crippen LogP contribution in [0.3, 0.4) is 0 Å². The van der Waals surface area contributed by atoms with Crippen LogP contribution in [0, 0.1) is 0 Å². The summed E-state index contributed by atoms with van der Waals surface area (Å²) in [5, 5.41) is -0.924. The Labute approximate surface area is 96.7 Å². The fraction of sp³-hybridized carbons (Fsp3) is 0.250. The van der Waals surface area contributed by atoms with E-state index >= 15 is 0 Å². The van der Waals surface area contributed by atoms with Crippen LogP contribution in [0.5, 0.6) is 0 Å². The molecule has 0 aliphatic carbocycles. The highest BCUT2D eigenvalue weighted by Crippen LogP contribution is 2.55. The van der Waals surface area contributed by atoms with Gasteiger partial charge in [0.1, 0.15) is 5.38 Å². The third-order valence-corrected chi connectivity index (χ3v) is 6.61. The van der Waals surface area contributed by atoms with E-state index in [1.165, 1.54) is 6.07 Å². The number of alkyl halides is 3. The van der Waals surface area contributed by atoms with Gasteiger partial charge < -0.3 is 0 Å². The molecule has 1 aromatic carbocycles. The second-order valence-corrected chi connectivity index (χ2v) is 7.33. The van der Waals surface area contributed by atoms with E-state index in [1.807, 2.05) is 0 Å². The van der Waals surface area contributed by atoms with Crippen molar-refractivity contribution in [2.75, 3.05) is 0 Å². The molecule has 1 unspecified atom stereocenters. The van der Waals surface area contributed by atoms with Gasteiger partial charge in [0.05, 0.1) is 4.90 Å². The topological polar surface area (TPSA) is 34.1 Å². The average molecular weight is 272 g/mol. The molecule has 1 aromatic rings. The van der Waals surface area contributed by atoms with Gasteiger partial charge in [0.2, 0.25) is 13.5 Å². The zero-order valence-corrected chi connectivity index (χ0v) is 9.83. The molecule has 0 spiro atoms. The SMILES string of the molecule is O=S1(=O)c2ccccc2C(Cl)C1(Cl)Cl. The highest BCUT2D eigenvalue weighted by Gasteiger charge is 2.55. The summed E-state index contributed by atoms with van der Waals surface area (Å²) in [6, 6.07) is 6.36. The molecule has 6 heteroatoms. The molecule has 1 atom stereocenters. The summed E-state index contributed by atoms with van der Waals surface area (Å²) in [6.45, 7) is 0. The zero-order valence-electron chi connectivity index (χ0n) is 6.75. The summed E-state index contributed by atoms with van der Waals surface area (Å²) in [6.07, 6.45) is 0. The largest absolute Gasteiger partial charge is 0.242 e. The smallest absolute Gasteiger partial charge is 0.220 e. The number of halogens is 3. The van der Waals surface area contributed by atoms with Crippen molar-refractivity contribution >= 4 is 44.6 Å². The van der Waals surface area contributed by atoms with E-state index in [-0.39, 0.29) is 4.90 Å². The molecule has 0 fully saturated rings. The lowest BCUT2D eigenvalue weighted by molar-refractivity contribution is 0.593. The zero-order chi connectivity index (χ0) is 10.6. The Hall–Kier alpha value is 0.0400. The van der Waals surface area contributed by atoms with Crippen molar-refractivity contribution in [2.24, 2.45) is 0 Å². The molecule has 0 radical (unpaired) electrons. The molecular formula is C8H5Cl3O2S. The number of benzene rings is 1. The maximum atomic E-state index is 11.8. The van der Waals surface area contributed by atoms with Crippen molar-refractivity contribution in [3.05, 3.63) is 29.8 Å². The molecule has 1 aliphatic rings. The molecule has 14 heavy (non-hydrogen) atoms. The first-order valence-corrected chi connectivity index (χ1v) is 6.42. The highest BCUT2D eigenvalue weighted by atomic mass is 35.5. The molecule has 0 saturated heterocycles. The van der Waals surface area contributed by atoms with Crippen LogP contribution in [0.25, 0.3) is 0 Å². The number of sulfone groups is 1. The fourth-order valence-electron chi connectivity index (χ4n) is 1.40. The standard InChI is InChI=1S/C8H5Cl3O2S/c9-7-5-3-1-2-4-6(5)14(12,13)8(7,10)11/h1-4,7H. The quantitative estimate of drug-likeness (QED) is 0.680. The van der Waals surface area contributed by atoms with Crippen molar-refractivity contribution in [1.82, 2.24) is 0 Å². The molecule has 0 N–H and O–H groups in total. The minimum absolute atomic E-state index is 0.116. The first-order chi connectivity index (χ1) is 6.39. The molecule has 1 aliphatic heterocycles. The molecule has 0 aromatic heterocycles. The Bertz CT molecular complexity index is 481. The minimum Gasteiger partial charge on any atom is -0.220 e. The molecular weight excluding hydrogens is 267 g/mol. The van der Waals surface area contributed by atoms with Crippen LogP contribution in [0.15, 0.2) is 29.2 Å². The minimum atomic E-state index is -3.73.